The van der Waals surface area contributed by atoms with E-state index >= 15 is 0 Å². The number of nitrogens with zero attached hydrogens (tertiary/aromatic N) is 3. The highest BCUT2D eigenvalue weighted by molar-refractivity contribution is 5.84. The number of rotatable bonds is 4. The Balaban J connectivity index is 1.15. The quantitative estimate of drug-likeness (QED) is 0.291. The van der Waals surface area contributed by atoms with Gasteiger partial charge in [-0.25, -0.2) is 4.68 Å². The van der Waals surface area contributed by atoms with Crippen LogP contribution >= 0.6 is 0 Å². The van der Waals surface area contributed by atoms with Crippen molar-refractivity contribution >= 4 is 5.91 Å². The molecule has 0 radical (unpaired) electrons. The van der Waals surface area contributed by atoms with Gasteiger partial charge in [-0.15, -0.1) is 5.10 Å². The van der Waals surface area contributed by atoms with Crippen LogP contribution in [0.15, 0.2) is 17.8 Å². The number of aliphatic hydroxyl groups excluding tert-OH is 4. The van der Waals surface area contributed by atoms with Crippen LogP contribution in [0.1, 0.15) is 125 Å². The normalized spacial score (nSPS) is 47.9. The van der Waals surface area contributed by atoms with Crippen molar-refractivity contribution in [3.05, 3.63) is 23.5 Å². The van der Waals surface area contributed by atoms with Crippen molar-refractivity contribution in [1.82, 2.24) is 20.3 Å². The van der Waals surface area contributed by atoms with Crippen LogP contribution in [0.2, 0.25) is 0 Å². The Morgan fingerprint density at radius 3 is 2.42 bits per heavy atom. The van der Waals surface area contributed by atoms with Crippen molar-refractivity contribution in [2.75, 3.05) is 6.61 Å². The molecule has 12 atom stereocenters. The van der Waals surface area contributed by atoms with Crippen LogP contribution in [0.3, 0.4) is 0 Å². The molecular weight excluding hydrogens is 608 g/mol. The molecule has 2 heterocycles. The number of hydrogen-bond donors (Lipinski definition) is 5. The summed E-state index contributed by atoms with van der Waals surface area (Å²) in [6.45, 7) is 17.1. The summed E-state index contributed by atoms with van der Waals surface area (Å²) < 4.78 is 6.89. The van der Waals surface area contributed by atoms with Crippen LogP contribution in [-0.4, -0.2) is 72.3 Å². The predicted molar refractivity (Wildman–Crippen MR) is 180 cm³/mol. The van der Waals surface area contributed by atoms with E-state index in [1.165, 1.54) is 16.7 Å². The van der Waals surface area contributed by atoms with Gasteiger partial charge in [0.25, 0.3) is 0 Å². The van der Waals surface area contributed by atoms with E-state index in [2.05, 4.69) is 70.2 Å². The van der Waals surface area contributed by atoms with Crippen molar-refractivity contribution < 1.29 is 30.0 Å². The number of ether oxygens (including phenoxy) is 1. The fraction of sp³-hybridized carbons (Fsp3) is 0.868. The van der Waals surface area contributed by atoms with Gasteiger partial charge in [0.1, 0.15) is 24.0 Å². The van der Waals surface area contributed by atoms with E-state index in [-0.39, 0.29) is 58.2 Å². The number of hydrogen-bond acceptors (Lipinski definition) is 8. The summed E-state index contributed by atoms with van der Waals surface area (Å²) in [7, 11) is 0. The third-order valence-electron chi connectivity index (χ3n) is 15.8. The van der Waals surface area contributed by atoms with E-state index in [4.69, 9.17) is 4.74 Å². The summed E-state index contributed by atoms with van der Waals surface area (Å²) >= 11 is 0. The highest BCUT2D eigenvalue weighted by Crippen LogP contribution is 2.75. The number of amides is 1. The van der Waals surface area contributed by atoms with E-state index in [9.17, 15) is 25.2 Å². The molecule has 10 nitrogen and oxygen atoms in total. The molecule has 0 bridgehead atoms. The van der Waals surface area contributed by atoms with Gasteiger partial charge in [0, 0.05) is 0 Å². The average molecular weight is 669 g/mol. The number of carbonyl (C=O) groups is 1. The molecule has 0 unspecified atom stereocenters. The van der Waals surface area contributed by atoms with Gasteiger partial charge in [0.05, 0.1) is 30.9 Å². The fourth-order valence-corrected chi connectivity index (χ4v) is 12.5. The van der Waals surface area contributed by atoms with Crippen molar-refractivity contribution in [1.29, 1.82) is 0 Å². The van der Waals surface area contributed by atoms with Crippen LogP contribution < -0.4 is 5.32 Å². The second-order valence-corrected chi connectivity index (χ2v) is 18.9. The lowest BCUT2D eigenvalue weighted by Gasteiger charge is -2.71. The number of aliphatic hydroxyl groups is 4. The molecular formula is C38H60N4O6. The molecule has 4 saturated carbocycles. The summed E-state index contributed by atoms with van der Waals surface area (Å²) in [6.07, 6.45) is 9.27. The zero-order valence-corrected chi connectivity index (χ0v) is 30.2. The summed E-state index contributed by atoms with van der Waals surface area (Å²) in [4.78, 5) is 14.5. The third kappa shape index (κ3) is 4.85. The van der Waals surface area contributed by atoms with Crippen molar-refractivity contribution in [2.24, 2.45) is 50.2 Å². The number of carbonyl (C=O) groups excluding carboxylic acids is 1. The lowest BCUT2D eigenvalue weighted by atomic mass is 9.33. The van der Waals surface area contributed by atoms with Gasteiger partial charge in [-0.1, -0.05) is 65.3 Å². The van der Waals surface area contributed by atoms with Gasteiger partial charge < -0.3 is 30.5 Å². The molecule has 1 aliphatic heterocycles. The van der Waals surface area contributed by atoms with E-state index in [1.54, 1.807) is 6.20 Å². The average Bonchev–Trinajstić information content (AvgIpc) is 3.49. The van der Waals surface area contributed by atoms with Gasteiger partial charge in [-0.3, -0.25) is 4.79 Å². The van der Waals surface area contributed by atoms with E-state index in [0.717, 1.165) is 57.8 Å². The third-order valence-corrected chi connectivity index (χ3v) is 15.8. The Hall–Kier alpha value is -1.85. The van der Waals surface area contributed by atoms with Gasteiger partial charge in [-0.05, 0) is 109 Å². The molecule has 5 fully saturated rings. The SMILES string of the molecule is CC1(C)CC[C@]2(C(=O)NCc3cn([C@@H]4OC[C@H](O)[C@H](O)[C@H]4O)nn3)CC[C@]3(C)C(=CC[C@@H]4[C@@]5(C)CC[C@H](O)C(C)(C)[C@@H]5CC[C@]43C)[C@@H]2C1. The largest absolute Gasteiger partial charge is 0.393 e. The summed E-state index contributed by atoms with van der Waals surface area (Å²) in [5.41, 5.74) is 2.02. The van der Waals surface area contributed by atoms with Crippen LogP contribution in [0, 0.1) is 50.2 Å². The predicted octanol–water partition coefficient (Wildman–Crippen LogP) is 4.67. The molecule has 10 heteroatoms. The monoisotopic (exact) mass is 668 g/mol. The summed E-state index contributed by atoms with van der Waals surface area (Å²) in [5, 5.41) is 53.0. The lowest BCUT2D eigenvalue weighted by Crippen LogP contribution is -2.65. The van der Waals surface area contributed by atoms with Crippen molar-refractivity contribution in [2.45, 2.75) is 150 Å². The van der Waals surface area contributed by atoms with Gasteiger partial charge in [0.15, 0.2) is 6.23 Å². The highest BCUT2D eigenvalue weighted by atomic mass is 16.5. The molecule has 48 heavy (non-hydrogen) atoms. The van der Waals surface area contributed by atoms with E-state index < -0.39 is 30.0 Å². The van der Waals surface area contributed by atoms with Gasteiger partial charge in [-0.2, -0.15) is 0 Å². The minimum Gasteiger partial charge on any atom is -0.393 e. The Morgan fingerprint density at radius 2 is 1.67 bits per heavy atom. The number of fused-ring (bicyclic) bond motifs is 7. The van der Waals surface area contributed by atoms with Gasteiger partial charge >= 0.3 is 0 Å². The van der Waals surface area contributed by atoms with Crippen LogP contribution in [0.4, 0.5) is 0 Å². The molecule has 7 rings (SSSR count). The molecule has 1 aromatic rings. The van der Waals surface area contributed by atoms with Gasteiger partial charge in [0.2, 0.25) is 5.91 Å². The number of nitrogens with one attached hydrogen (secondary N) is 1. The van der Waals surface area contributed by atoms with E-state index in [0.29, 0.717) is 17.5 Å². The fourth-order valence-electron chi connectivity index (χ4n) is 12.5. The van der Waals surface area contributed by atoms with Crippen LogP contribution in [0.5, 0.6) is 0 Å². The first-order valence-electron chi connectivity index (χ1n) is 18.6. The summed E-state index contributed by atoms with van der Waals surface area (Å²) in [6, 6.07) is 0. The Morgan fingerprint density at radius 1 is 0.938 bits per heavy atom. The molecule has 5 aliphatic carbocycles. The molecule has 268 valence electrons. The standard InChI is InChI=1S/C38H60N4O6/c1-33(2)14-16-38(32(47)39-19-22-20-42(41-40-22)31-30(46)29(45)25(43)21-48-31)17-15-36(6)23(24(38)18-33)8-9-27-35(5)12-11-28(44)34(3,4)26(35)10-13-37(27,36)7/h8,20,24-31,43-46H,9-19,21H2,1-7H3,(H,39,47)/t24-,25-,26-,27+,28-,29-,30+,31+,35-,36+,37+,38-/m0/s1. The second kappa shape index (κ2) is 11.3. The van der Waals surface area contributed by atoms with Crippen LogP contribution in [-0.2, 0) is 16.1 Å². The lowest BCUT2D eigenvalue weighted by molar-refractivity contribution is -0.214. The molecule has 0 spiro atoms. The highest BCUT2D eigenvalue weighted by Gasteiger charge is 2.69. The molecule has 1 amide bonds. The first-order valence-corrected chi connectivity index (χ1v) is 18.6. The Kier molecular flexibility index (Phi) is 8.16. The van der Waals surface area contributed by atoms with Crippen molar-refractivity contribution in [3.63, 3.8) is 0 Å². The molecule has 1 saturated heterocycles. The zero-order chi connectivity index (χ0) is 34.7. The van der Waals surface area contributed by atoms with E-state index in [1.807, 2.05) is 0 Å². The Labute approximate surface area is 286 Å². The van der Waals surface area contributed by atoms with Crippen molar-refractivity contribution in [3.8, 4) is 0 Å². The molecule has 1 aromatic heterocycles. The minimum absolute atomic E-state index is 0.0215. The second-order valence-electron chi connectivity index (χ2n) is 18.9. The molecule has 5 N–H and O–H groups in total. The number of allylic oxidation sites excluding steroid dienone is 2. The molecule has 6 aliphatic rings. The maximum absolute atomic E-state index is 14.5. The topological polar surface area (TPSA) is 150 Å². The first-order chi connectivity index (χ1) is 22.4. The first kappa shape index (κ1) is 34.6. The van der Waals surface area contributed by atoms with Crippen LogP contribution in [0.25, 0.3) is 0 Å². The smallest absolute Gasteiger partial charge is 0.227 e. The maximum atomic E-state index is 14.5. The Bertz CT molecular complexity index is 1460. The zero-order valence-electron chi connectivity index (χ0n) is 30.2. The maximum Gasteiger partial charge on any atom is 0.227 e. The number of aromatic nitrogens is 3. The minimum atomic E-state index is -1.35. The molecule has 0 aromatic carbocycles. The summed E-state index contributed by atoms with van der Waals surface area (Å²) in [5.74, 6) is 1.34.